The first-order valence-corrected chi connectivity index (χ1v) is 10.2. The monoisotopic (exact) mass is 367 g/mol. The Morgan fingerprint density at radius 2 is 1.73 bits per heavy atom. The summed E-state index contributed by atoms with van der Waals surface area (Å²) in [6.07, 6.45) is 1.48. The lowest BCUT2D eigenvalue weighted by Gasteiger charge is -2.26. The van der Waals surface area contributed by atoms with Crippen LogP contribution in [-0.4, -0.2) is 24.4 Å². The zero-order valence-electron chi connectivity index (χ0n) is 14.6. The molecule has 5 heteroatoms. The first-order chi connectivity index (χ1) is 12.5. The number of phenolic OH excluding ortho intramolecular Hbond substituents is 1. The molecule has 3 aromatic carbocycles. The van der Waals surface area contributed by atoms with Gasteiger partial charge in [0, 0.05) is 12.1 Å². The van der Waals surface area contributed by atoms with E-state index in [1.807, 2.05) is 49.4 Å². The summed E-state index contributed by atoms with van der Waals surface area (Å²) < 4.78 is 28.0. The van der Waals surface area contributed by atoms with Gasteiger partial charge in [-0.3, -0.25) is 0 Å². The molecule has 4 nitrogen and oxygen atoms in total. The highest BCUT2D eigenvalue weighted by Crippen LogP contribution is 2.43. The Hall–Kier alpha value is -2.37. The van der Waals surface area contributed by atoms with Crippen molar-refractivity contribution in [3.05, 3.63) is 71.8 Å². The van der Waals surface area contributed by atoms with E-state index in [1.165, 1.54) is 0 Å². The maximum absolute atomic E-state index is 13.2. The predicted molar refractivity (Wildman–Crippen MR) is 103 cm³/mol. The quantitative estimate of drug-likeness (QED) is 0.747. The molecule has 1 unspecified atom stereocenters. The minimum absolute atomic E-state index is 0.153. The van der Waals surface area contributed by atoms with E-state index in [0.717, 1.165) is 22.8 Å². The second-order valence-electron chi connectivity index (χ2n) is 6.81. The standard InChI is InChI=1S/C21H21NO3S/c1-15-8-11-17(12-9-15)26(24,25)22-14-4-7-19(22)21-18-6-3-2-5-16(18)10-13-20(21)23/h2-3,5-6,8-13,19,23H,4,7,14H2,1H3. The first-order valence-electron chi connectivity index (χ1n) is 8.77. The van der Waals surface area contributed by atoms with Crippen molar-refractivity contribution in [3.8, 4) is 5.75 Å². The van der Waals surface area contributed by atoms with Crippen molar-refractivity contribution in [1.29, 1.82) is 0 Å². The topological polar surface area (TPSA) is 57.6 Å². The van der Waals surface area contributed by atoms with Gasteiger partial charge in [0.2, 0.25) is 10.0 Å². The van der Waals surface area contributed by atoms with Gasteiger partial charge in [0.15, 0.2) is 0 Å². The molecular formula is C21H21NO3S. The van der Waals surface area contributed by atoms with Crippen LogP contribution >= 0.6 is 0 Å². The molecular weight excluding hydrogens is 346 g/mol. The number of fused-ring (bicyclic) bond motifs is 1. The van der Waals surface area contributed by atoms with Crippen LogP contribution in [0.25, 0.3) is 10.8 Å². The van der Waals surface area contributed by atoms with Crippen molar-refractivity contribution in [2.75, 3.05) is 6.54 Å². The Bertz CT molecular complexity index is 1060. The van der Waals surface area contributed by atoms with E-state index in [1.54, 1.807) is 22.5 Å². The summed E-state index contributed by atoms with van der Waals surface area (Å²) in [7, 11) is -3.62. The predicted octanol–water partition coefficient (Wildman–Crippen LogP) is 4.38. The van der Waals surface area contributed by atoms with Gasteiger partial charge in [-0.1, -0.05) is 48.0 Å². The Balaban J connectivity index is 1.83. The number of sulfonamides is 1. The number of aryl methyl sites for hydroxylation is 1. The normalized spacial score (nSPS) is 18.4. The van der Waals surface area contributed by atoms with Gasteiger partial charge >= 0.3 is 0 Å². The van der Waals surface area contributed by atoms with Crippen molar-refractivity contribution in [2.24, 2.45) is 0 Å². The molecule has 3 aromatic rings. The van der Waals surface area contributed by atoms with Gasteiger partial charge in [0.05, 0.1) is 10.9 Å². The molecule has 1 aliphatic heterocycles. The van der Waals surface area contributed by atoms with Crippen LogP contribution in [0.15, 0.2) is 65.6 Å². The van der Waals surface area contributed by atoms with Crippen LogP contribution in [0.4, 0.5) is 0 Å². The molecule has 0 spiro atoms. The van der Waals surface area contributed by atoms with Gasteiger partial charge in [0.1, 0.15) is 5.75 Å². The summed E-state index contributed by atoms with van der Waals surface area (Å²) in [5, 5.41) is 12.4. The maximum atomic E-state index is 13.2. The van der Waals surface area contributed by atoms with Gasteiger partial charge in [-0.2, -0.15) is 4.31 Å². The summed E-state index contributed by atoms with van der Waals surface area (Å²) in [5.74, 6) is 0.153. The molecule has 0 aromatic heterocycles. The fraction of sp³-hybridized carbons (Fsp3) is 0.238. The molecule has 1 atom stereocenters. The van der Waals surface area contributed by atoms with Crippen LogP contribution in [0, 0.1) is 6.92 Å². The van der Waals surface area contributed by atoms with Gasteiger partial charge in [-0.15, -0.1) is 0 Å². The molecule has 0 saturated carbocycles. The number of benzene rings is 3. The highest BCUT2D eigenvalue weighted by Gasteiger charge is 2.38. The first kappa shape index (κ1) is 17.1. The number of phenols is 1. The molecule has 1 heterocycles. The number of rotatable bonds is 3. The van der Waals surface area contributed by atoms with E-state index < -0.39 is 10.0 Å². The summed E-state index contributed by atoms with van der Waals surface area (Å²) in [5.41, 5.74) is 1.73. The van der Waals surface area contributed by atoms with Gasteiger partial charge in [-0.25, -0.2) is 8.42 Å². The highest BCUT2D eigenvalue weighted by molar-refractivity contribution is 7.89. The Morgan fingerprint density at radius 3 is 2.50 bits per heavy atom. The fourth-order valence-corrected chi connectivity index (χ4v) is 5.46. The summed E-state index contributed by atoms with van der Waals surface area (Å²) in [4.78, 5) is 0.301. The summed E-state index contributed by atoms with van der Waals surface area (Å²) in [6, 6.07) is 17.9. The third-order valence-corrected chi connectivity index (χ3v) is 7.03. The Kier molecular flexibility index (Phi) is 4.21. The zero-order valence-corrected chi connectivity index (χ0v) is 15.4. The second-order valence-corrected chi connectivity index (χ2v) is 8.70. The second kappa shape index (κ2) is 6.41. The molecule has 0 radical (unpaired) electrons. The van der Waals surface area contributed by atoms with E-state index in [2.05, 4.69) is 0 Å². The molecule has 1 fully saturated rings. The van der Waals surface area contributed by atoms with Crippen LogP contribution in [0.5, 0.6) is 5.75 Å². The minimum Gasteiger partial charge on any atom is -0.508 e. The van der Waals surface area contributed by atoms with Crippen molar-refractivity contribution in [1.82, 2.24) is 4.31 Å². The lowest BCUT2D eigenvalue weighted by Crippen LogP contribution is -2.30. The third kappa shape index (κ3) is 2.77. The lowest BCUT2D eigenvalue weighted by molar-refractivity contribution is 0.382. The smallest absolute Gasteiger partial charge is 0.243 e. The van der Waals surface area contributed by atoms with E-state index >= 15 is 0 Å². The number of hydrogen-bond acceptors (Lipinski definition) is 3. The van der Waals surface area contributed by atoms with Crippen LogP contribution in [0.1, 0.15) is 30.0 Å². The van der Waals surface area contributed by atoms with Crippen LogP contribution in [0.3, 0.4) is 0 Å². The molecule has 1 N–H and O–H groups in total. The van der Waals surface area contributed by atoms with Crippen LogP contribution in [0.2, 0.25) is 0 Å². The van der Waals surface area contributed by atoms with Crippen LogP contribution in [-0.2, 0) is 10.0 Å². The number of aromatic hydroxyl groups is 1. The SMILES string of the molecule is Cc1ccc(S(=O)(=O)N2CCCC2c2c(O)ccc3ccccc23)cc1. The van der Waals surface area contributed by atoms with Crippen molar-refractivity contribution in [3.63, 3.8) is 0 Å². The molecule has 134 valence electrons. The van der Waals surface area contributed by atoms with Crippen molar-refractivity contribution in [2.45, 2.75) is 30.7 Å². The van der Waals surface area contributed by atoms with E-state index in [0.29, 0.717) is 23.4 Å². The highest BCUT2D eigenvalue weighted by atomic mass is 32.2. The van der Waals surface area contributed by atoms with E-state index in [-0.39, 0.29) is 11.8 Å². The maximum Gasteiger partial charge on any atom is 0.243 e. The van der Waals surface area contributed by atoms with Gasteiger partial charge < -0.3 is 5.11 Å². The summed E-state index contributed by atoms with van der Waals surface area (Å²) >= 11 is 0. The molecule has 26 heavy (non-hydrogen) atoms. The molecule has 0 aliphatic carbocycles. The van der Waals surface area contributed by atoms with Crippen LogP contribution < -0.4 is 0 Å². The van der Waals surface area contributed by atoms with Crippen molar-refractivity contribution >= 4 is 20.8 Å². The molecule has 1 saturated heterocycles. The van der Waals surface area contributed by atoms with Gasteiger partial charge in [-0.05, 0) is 48.7 Å². The molecule has 0 bridgehead atoms. The average Bonchev–Trinajstić information content (AvgIpc) is 3.12. The zero-order chi connectivity index (χ0) is 18.3. The molecule has 0 amide bonds. The number of hydrogen-bond donors (Lipinski definition) is 1. The largest absolute Gasteiger partial charge is 0.508 e. The van der Waals surface area contributed by atoms with E-state index in [4.69, 9.17) is 0 Å². The third-order valence-electron chi connectivity index (χ3n) is 5.11. The Morgan fingerprint density at radius 1 is 1.00 bits per heavy atom. The number of nitrogens with zero attached hydrogens (tertiary/aromatic N) is 1. The average molecular weight is 367 g/mol. The van der Waals surface area contributed by atoms with Crippen molar-refractivity contribution < 1.29 is 13.5 Å². The van der Waals surface area contributed by atoms with Gasteiger partial charge in [0.25, 0.3) is 0 Å². The lowest BCUT2D eigenvalue weighted by atomic mass is 9.97. The van der Waals surface area contributed by atoms with E-state index in [9.17, 15) is 13.5 Å². The molecule has 1 aliphatic rings. The Labute approximate surface area is 153 Å². The summed E-state index contributed by atoms with van der Waals surface area (Å²) in [6.45, 7) is 2.40. The molecule has 4 rings (SSSR count). The minimum atomic E-state index is -3.62. The fourth-order valence-electron chi connectivity index (χ4n) is 3.80.